The van der Waals surface area contributed by atoms with E-state index in [9.17, 15) is 9.59 Å². The quantitative estimate of drug-likeness (QED) is 0.799. The molecule has 0 fully saturated rings. The van der Waals surface area contributed by atoms with Gasteiger partial charge in [0, 0.05) is 19.6 Å². The fourth-order valence-electron chi connectivity index (χ4n) is 1.75. The van der Waals surface area contributed by atoms with Gasteiger partial charge in [0.15, 0.2) is 0 Å². The van der Waals surface area contributed by atoms with Gasteiger partial charge >= 0.3 is 12.1 Å². The summed E-state index contributed by atoms with van der Waals surface area (Å²) in [6.07, 6.45) is -0.697. The van der Waals surface area contributed by atoms with Gasteiger partial charge in [-0.25, -0.2) is 14.5 Å². The van der Waals surface area contributed by atoms with Crippen LogP contribution in [0, 0.1) is 0 Å². The van der Waals surface area contributed by atoms with Gasteiger partial charge in [0.05, 0.1) is 13.2 Å². The second kappa shape index (κ2) is 9.62. The zero-order valence-electron chi connectivity index (χ0n) is 13.0. The second-order valence-corrected chi connectivity index (χ2v) is 4.37. The van der Waals surface area contributed by atoms with Crippen LogP contribution >= 0.6 is 0 Å². The summed E-state index contributed by atoms with van der Waals surface area (Å²) in [6, 6.07) is 6.83. The molecule has 0 aliphatic rings. The molecule has 0 saturated carbocycles. The van der Waals surface area contributed by atoms with E-state index in [4.69, 9.17) is 15.2 Å². The molecule has 0 aliphatic carbocycles. The van der Waals surface area contributed by atoms with E-state index in [1.54, 1.807) is 6.92 Å². The standard InChI is InChI=1S/C15H23N3O4/c1-3-21-13-7-5-12(6-8-13)11-17-14(19)18(10-9-16)15(20)22-4-2/h5-8H,3-4,9-11,16H2,1-2H3,(H,17,19). The SMILES string of the molecule is CCOC(=O)N(CCN)C(=O)NCc1ccc(OCC)cc1. The molecular weight excluding hydrogens is 286 g/mol. The molecule has 1 aromatic carbocycles. The molecule has 0 aliphatic heterocycles. The van der Waals surface area contributed by atoms with Crippen LogP contribution in [0.1, 0.15) is 19.4 Å². The minimum absolute atomic E-state index is 0.105. The Balaban J connectivity index is 2.56. The maximum absolute atomic E-state index is 12.0. The van der Waals surface area contributed by atoms with Crippen LogP contribution in [0.5, 0.6) is 5.75 Å². The number of benzene rings is 1. The number of carbonyl (C=O) groups excluding carboxylic acids is 2. The number of nitrogens with one attached hydrogen (secondary N) is 1. The summed E-state index contributed by atoms with van der Waals surface area (Å²) in [4.78, 5) is 24.7. The summed E-state index contributed by atoms with van der Waals surface area (Å²) in [7, 11) is 0. The van der Waals surface area contributed by atoms with Gasteiger partial charge in [-0.1, -0.05) is 12.1 Å². The molecule has 1 aromatic rings. The highest BCUT2D eigenvalue weighted by Gasteiger charge is 2.21. The normalized spacial score (nSPS) is 9.95. The van der Waals surface area contributed by atoms with Crippen LogP contribution in [-0.4, -0.2) is 43.3 Å². The molecule has 0 atom stereocenters. The number of ether oxygens (including phenoxy) is 2. The molecule has 0 radical (unpaired) electrons. The number of imide groups is 1. The number of rotatable bonds is 7. The number of amides is 3. The van der Waals surface area contributed by atoms with Gasteiger partial charge in [-0.2, -0.15) is 0 Å². The highest BCUT2D eigenvalue weighted by atomic mass is 16.6. The van der Waals surface area contributed by atoms with Crippen LogP contribution < -0.4 is 15.8 Å². The molecule has 7 nitrogen and oxygen atoms in total. The van der Waals surface area contributed by atoms with Crippen molar-refractivity contribution in [2.45, 2.75) is 20.4 Å². The van der Waals surface area contributed by atoms with Gasteiger partial charge in [0.25, 0.3) is 0 Å². The van der Waals surface area contributed by atoms with Crippen molar-refractivity contribution in [3.05, 3.63) is 29.8 Å². The topological polar surface area (TPSA) is 93.9 Å². The summed E-state index contributed by atoms with van der Waals surface area (Å²) < 4.78 is 10.2. The summed E-state index contributed by atoms with van der Waals surface area (Å²) in [6.45, 7) is 4.97. The molecule has 3 amide bonds. The van der Waals surface area contributed by atoms with E-state index in [0.29, 0.717) is 13.2 Å². The number of nitrogens with two attached hydrogens (primary N) is 1. The molecule has 3 N–H and O–H groups in total. The van der Waals surface area contributed by atoms with Crippen molar-refractivity contribution in [1.82, 2.24) is 10.2 Å². The summed E-state index contributed by atoms with van der Waals surface area (Å²) >= 11 is 0. The number of hydrogen-bond acceptors (Lipinski definition) is 5. The molecule has 22 heavy (non-hydrogen) atoms. The minimum atomic E-state index is -0.697. The summed E-state index contributed by atoms with van der Waals surface area (Å²) in [5.74, 6) is 0.772. The highest BCUT2D eigenvalue weighted by molar-refractivity contribution is 5.90. The van der Waals surface area contributed by atoms with Crippen molar-refractivity contribution in [1.29, 1.82) is 0 Å². The lowest BCUT2D eigenvalue weighted by molar-refractivity contribution is 0.115. The zero-order valence-corrected chi connectivity index (χ0v) is 13.0. The van der Waals surface area contributed by atoms with E-state index in [1.807, 2.05) is 31.2 Å². The molecule has 0 aromatic heterocycles. The minimum Gasteiger partial charge on any atom is -0.494 e. The van der Waals surface area contributed by atoms with Gasteiger partial charge < -0.3 is 20.5 Å². The van der Waals surface area contributed by atoms with Crippen molar-refractivity contribution in [2.24, 2.45) is 5.73 Å². The van der Waals surface area contributed by atoms with Crippen molar-refractivity contribution in [2.75, 3.05) is 26.3 Å². The van der Waals surface area contributed by atoms with Crippen LogP contribution in [-0.2, 0) is 11.3 Å². The Kier molecular flexibility index (Phi) is 7.77. The van der Waals surface area contributed by atoms with Crippen molar-refractivity contribution >= 4 is 12.1 Å². The first-order valence-corrected chi connectivity index (χ1v) is 7.26. The molecule has 0 spiro atoms. The average molecular weight is 309 g/mol. The summed E-state index contributed by atoms with van der Waals surface area (Å²) in [5, 5.41) is 2.66. The Labute approximate surface area is 130 Å². The van der Waals surface area contributed by atoms with Gasteiger partial charge in [-0.3, -0.25) is 0 Å². The largest absolute Gasteiger partial charge is 0.494 e. The second-order valence-electron chi connectivity index (χ2n) is 4.37. The predicted molar refractivity (Wildman–Crippen MR) is 82.6 cm³/mol. The molecule has 0 unspecified atom stereocenters. The number of carbonyl (C=O) groups is 2. The van der Waals surface area contributed by atoms with Crippen LogP contribution in [0.15, 0.2) is 24.3 Å². The first kappa shape index (κ1) is 17.8. The van der Waals surface area contributed by atoms with Crippen LogP contribution in [0.25, 0.3) is 0 Å². The van der Waals surface area contributed by atoms with Crippen molar-refractivity contribution in [3.63, 3.8) is 0 Å². The van der Waals surface area contributed by atoms with E-state index >= 15 is 0 Å². The van der Waals surface area contributed by atoms with Crippen molar-refractivity contribution < 1.29 is 19.1 Å². The molecule has 0 bridgehead atoms. The number of hydrogen-bond donors (Lipinski definition) is 2. The van der Waals surface area contributed by atoms with E-state index in [0.717, 1.165) is 16.2 Å². The van der Waals surface area contributed by atoms with Crippen LogP contribution in [0.2, 0.25) is 0 Å². The average Bonchev–Trinajstić information content (AvgIpc) is 2.52. The van der Waals surface area contributed by atoms with E-state index < -0.39 is 12.1 Å². The Morgan fingerprint density at radius 2 is 1.86 bits per heavy atom. The first-order valence-electron chi connectivity index (χ1n) is 7.26. The lowest BCUT2D eigenvalue weighted by atomic mass is 10.2. The van der Waals surface area contributed by atoms with Gasteiger partial charge in [0.1, 0.15) is 5.75 Å². The van der Waals surface area contributed by atoms with Crippen LogP contribution in [0.3, 0.4) is 0 Å². The first-order chi connectivity index (χ1) is 10.6. The Morgan fingerprint density at radius 3 is 2.41 bits per heavy atom. The third-order valence-electron chi connectivity index (χ3n) is 2.76. The molecule has 122 valence electrons. The van der Waals surface area contributed by atoms with Gasteiger partial charge in [-0.05, 0) is 31.5 Å². The fourth-order valence-corrected chi connectivity index (χ4v) is 1.75. The lowest BCUT2D eigenvalue weighted by Crippen LogP contribution is -2.46. The zero-order chi connectivity index (χ0) is 16.4. The Morgan fingerprint density at radius 1 is 1.18 bits per heavy atom. The number of urea groups is 1. The smallest absolute Gasteiger partial charge is 0.418 e. The molecule has 0 heterocycles. The van der Waals surface area contributed by atoms with E-state index in [2.05, 4.69) is 5.32 Å². The number of nitrogens with zero attached hydrogens (tertiary/aromatic N) is 1. The lowest BCUT2D eigenvalue weighted by Gasteiger charge is -2.19. The van der Waals surface area contributed by atoms with E-state index in [-0.39, 0.29) is 19.7 Å². The highest BCUT2D eigenvalue weighted by Crippen LogP contribution is 2.12. The Hall–Kier alpha value is -2.28. The molecule has 7 heteroatoms. The monoisotopic (exact) mass is 309 g/mol. The maximum Gasteiger partial charge on any atom is 0.418 e. The van der Waals surface area contributed by atoms with E-state index in [1.165, 1.54) is 0 Å². The van der Waals surface area contributed by atoms with Crippen molar-refractivity contribution in [3.8, 4) is 5.75 Å². The predicted octanol–water partition coefficient (Wildman–Crippen LogP) is 1.71. The summed E-state index contributed by atoms with van der Waals surface area (Å²) in [5.41, 5.74) is 6.31. The molecule has 0 saturated heterocycles. The molecular formula is C15H23N3O4. The van der Waals surface area contributed by atoms with Crippen LogP contribution in [0.4, 0.5) is 9.59 Å². The maximum atomic E-state index is 12.0. The molecule has 1 rings (SSSR count). The Bertz CT molecular complexity index is 476. The fraction of sp³-hybridized carbons (Fsp3) is 0.467. The third-order valence-corrected chi connectivity index (χ3v) is 2.76. The van der Waals surface area contributed by atoms with Gasteiger partial charge in [0.2, 0.25) is 0 Å². The third kappa shape index (κ3) is 5.61. The van der Waals surface area contributed by atoms with Gasteiger partial charge in [-0.15, -0.1) is 0 Å².